The van der Waals surface area contributed by atoms with Gasteiger partial charge in [-0.25, -0.2) is 4.79 Å². The number of nitriles is 1. The number of ether oxygens (including phenoxy) is 6. The predicted molar refractivity (Wildman–Crippen MR) is 205 cm³/mol. The molecular weight excluding hydrogens is 725 g/mol. The van der Waals surface area contributed by atoms with Crippen LogP contribution in [0.3, 0.4) is 0 Å². The minimum Gasteiger partial charge on any atom is -0.504 e. The molecular formula is C41H48N4O9S. The standard InChI is InChI=1S/C41H48N4O9S/c1-19-11-24-12-26-27(15-42)45-28(31-20(2)37(51-8)21(3)38-39(31)54-18-53-38)16-52-40(48)41(25-14-30(49-6)29(46)13-23(25)9-10-43-41)17-55-22(4)33(45)34(44(26)5)32(24)35(47)36(19)50-7/h11,13-14,22,26-28,33-34,43,46-47H,9-10,12,16-18H2,1-8H3/t22?,26?,27?,28?,33?,34?,41-/m1/s1. The Kier molecular flexibility index (Phi) is 9.43. The molecule has 2 saturated heterocycles. The lowest BCUT2D eigenvalue weighted by atomic mass is 9.75. The van der Waals surface area contributed by atoms with Gasteiger partial charge in [0.1, 0.15) is 18.4 Å². The Bertz CT molecular complexity index is 2120. The van der Waals surface area contributed by atoms with Crippen molar-refractivity contribution in [3.8, 4) is 46.3 Å². The molecule has 3 N–H and O–H groups in total. The molecule has 5 heterocycles. The van der Waals surface area contributed by atoms with Gasteiger partial charge in [-0.3, -0.25) is 15.1 Å². The summed E-state index contributed by atoms with van der Waals surface area (Å²) in [7, 11) is 6.70. The highest BCUT2D eigenvalue weighted by atomic mass is 32.2. The smallest absolute Gasteiger partial charge is 0.331 e. The number of esters is 1. The fourth-order valence-electron chi connectivity index (χ4n) is 10.1. The number of rotatable bonds is 4. The summed E-state index contributed by atoms with van der Waals surface area (Å²) >= 11 is 1.60. The zero-order chi connectivity index (χ0) is 39.1. The molecule has 0 amide bonds. The van der Waals surface area contributed by atoms with E-state index in [4.69, 9.17) is 28.4 Å². The Morgan fingerprint density at radius 1 is 0.982 bits per heavy atom. The minimum absolute atomic E-state index is 0.00640. The summed E-state index contributed by atoms with van der Waals surface area (Å²) in [5.74, 6) is 2.32. The van der Waals surface area contributed by atoms with Crippen LogP contribution in [0.4, 0.5) is 0 Å². The topological polar surface area (TPSA) is 155 Å². The maximum atomic E-state index is 14.9. The summed E-state index contributed by atoms with van der Waals surface area (Å²) in [5.41, 5.74) is 5.12. The second kappa shape index (κ2) is 13.9. The molecule has 55 heavy (non-hydrogen) atoms. The third kappa shape index (κ3) is 5.41. The van der Waals surface area contributed by atoms with Crippen LogP contribution in [0.15, 0.2) is 18.2 Å². The number of nitrogens with one attached hydrogen (secondary N) is 1. The highest BCUT2D eigenvalue weighted by Gasteiger charge is 2.57. The summed E-state index contributed by atoms with van der Waals surface area (Å²) in [5, 5.41) is 37.3. The van der Waals surface area contributed by atoms with Crippen molar-refractivity contribution in [1.82, 2.24) is 15.1 Å². The van der Waals surface area contributed by atoms with Gasteiger partial charge in [-0.2, -0.15) is 17.0 Å². The van der Waals surface area contributed by atoms with Gasteiger partial charge in [-0.1, -0.05) is 13.0 Å². The SMILES string of the molecule is COc1cc2c(cc1O)CCN[C@]21CSC(C)C2C3c4c(cc(C)c(OC)c4O)CC(C(C#N)N2C(c2c(C)c(OC)c(C)c4c2OCO4)COC1=O)N3C. The maximum Gasteiger partial charge on any atom is 0.331 e. The molecule has 7 atom stereocenters. The summed E-state index contributed by atoms with van der Waals surface area (Å²) in [4.78, 5) is 19.3. The number of carbonyl (C=O) groups excluding carboxylic acids is 1. The number of hydrogen-bond acceptors (Lipinski definition) is 14. The summed E-state index contributed by atoms with van der Waals surface area (Å²) in [6, 6.07) is 5.77. The van der Waals surface area contributed by atoms with E-state index in [-0.39, 0.29) is 48.0 Å². The van der Waals surface area contributed by atoms with E-state index >= 15 is 0 Å². The van der Waals surface area contributed by atoms with Gasteiger partial charge >= 0.3 is 5.97 Å². The van der Waals surface area contributed by atoms with Gasteiger partial charge in [-0.15, -0.1) is 0 Å². The van der Waals surface area contributed by atoms with E-state index in [2.05, 4.69) is 34.2 Å². The molecule has 1 spiro atoms. The van der Waals surface area contributed by atoms with Crippen molar-refractivity contribution < 1.29 is 43.4 Å². The van der Waals surface area contributed by atoms with Gasteiger partial charge < -0.3 is 38.6 Å². The van der Waals surface area contributed by atoms with E-state index in [0.717, 1.165) is 38.9 Å². The summed E-state index contributed by atoms with van der Waals surface area (Å²) in [6.07, 6.45) is 1.12. The molecule has 0 radical (unpaired) electrons. The average molecular weight is 773 g/mol. The van der Waals surface area contributed by atoms with Crippen molar-refractivity contribution in [2.45, 2.75) is 81.5 Å². The predicted octanol–water partition coefficient (Wildman–Crippen LogP) is 4.71. The third-order valence-electron chi connectivity index (χ3n) is 12.6. The van der Waals surface area contributed by atoms with E-state index in [1.165, 1.54) is 7.11 Å². The Morgan fingerprint density at radius 3 is 2.44 bits per heavy atom. The molecule has 292 valence electrons. The number of nitrogens with zero attached hydrogens (tertiary/aromatic N) is 3. The molecule has 14 heteroatoms. The number of aryl methyl sites for hydroxylation is 1. The maximum absolute atomic E-state index is 14.9. The fraction of sp³-hybridized carbons (Fsp3) is 0.512. The number of thioether (sulfide) groups is 1. The molecule has 0 saturated carbocycles. The van der Waals surface area contributed by atoms with Crippen molar-refractivity contribution in [2.24, 2.45) is 0 Å². The molecule has 2 bridgehead atoms. The molecule has 2 fully saturated rings. The van der Waals surface area contributed by atoms with Gasteiger partial charge in [-0.05, 0) is 75.0 Å². The Hall–Kier alpha value is -4.55. The van der Waals surface area contributed by atoms with Crippen LogP contribution in [-0.2, 0) is 27.9 Å². The van der Waals surface area contributed by atoms with Crippen molar-refractivity contribution in [2.75, 3.05) is 54.1 Å². The molecule has 13 nitrogen and oxygen atoms in total. The van der Waals surface area contributed by atoms with Crippen LogP contribution in [0.25, 0.3) is 0 Å². The molecule has 8 rings (SSSR count). The number of phenolic OH excluding ortho intramolecular Hbond substituents is 2. The highest BCUT2D eigenvalue weighted by Crippen LogP contribution is 2.57. The lowest BCUT2D eigenvalue weighted by Crippen LogP contribution is -2.69. The zero-order valence-electron chi connectivity index (χ0n) is 32.4. The number of phenols is 2. The Morgan fingerprint density at radius 2 is 1.73 bits per heavy atom. The first-order valence-electron chi connectivity index (χ1n) is 18.6. The average Bonchev–Trinajstić information content (AvgIpc) is 3.65. The quantitative estimate of drug-likeness (QED) is 0.314. The Balaban J connectivity index is 1.38. The van der Waals surface area contributed by atoms with E-state index in [9.17, 15) is 20.3 Å². The zero-order valence-corrected chi connectivity index (χ0v) is 33.3. The summed E-state index contributed by atoms with van der Waals surface area (Å²) in [6.45, 7) is 8.31. The van der Waals surface area contributed by atoms with Crippen molar-refractivity contribution in [3.05, 3.63) is 62.7 Å². The molecule has 5 aliphatic rings. The van der Waals surface area contributed by atoms with Gasteiger partial charge in [0.25, 0.3) is 0 Å². The van der Waals surface area contributed by atoms with Crippen LogP contribution in [-0.4, -0.2) is 103 Å². The number of carbonyl (C=O) groups is 1. The lowest BCUT2D eigenvalue weighted by molar-refractivity contribution is -0.156. The van der Waals surface area contributed by atoms with Crippen LogP contribution in [0.5, 0.6) is 40.2 Å². The first-order valence-corrected chi connectivity index (χ1v) is 19.7. The van der Waals surface area contributed by atoms with Gasteiger partial charge in [0.15, 0.2) is 40.0 Å². The van der Waals surface area contributed by atoms with Gasteiger partial charge in [0, 0.05) is 51.9 Å². The van der Waals surface area contributed by atoms with E-state index < -0.39 is 29.6 Å². The van der Waals surface area contributed by atoms with Crippen molar-refractivity contribution in [1.29, 1.82) is 5.26 Å². The molecule has 3 aromatic rings. The minimum atomic E-state index is -1.29. The van der Waals surface area contributed by atoms with E-state index in [0.29, 0.717) is 53.7 Å². The largest absolute Gasteiger partial charge is 0.504 e. The molecule has 0 aromatic heterocycles. The van der Waals surface area contributed by atoms with Crippen molar-refractivity contribution >= 4 is 17.7 Å². The monoisotopic (exact) mass is 772 g/mol. The van der Waals surface area contributed by atoms with Crippen LogP contribution in [0.1, 0.15) is 63.5 Å². The molecule has 5 aliphatic heterocycles. The van der Waals surface area contributed by atoms with E-state index in [1.54, 1.807) is 38.1 Å². The van der Waals surface area contributed by atoms with Gasteiger partial charge in [0.05, 0.1) is 39.5 Å². The normalized spacial score (nSPS) is 28.7. The number of fused-ring (bicyclic) bond motifs is 9. The van der Waals surface area contributed by atoms with Crippen LogP contribution in [0.2, 0.25) is 0 Å². The van der Waals surface area contributed by atoms with E-state index in [1.807, 2.05) is 27.8 Å². The third-order valence-corrected chi connectivity index (χ3v) is 14.0. The highest BCUT2D eigenvalue weighted by molar-refractivity contribution is 8.00. The number of piperazine rings is 1. The van der Waals surface area contributed by atoms with Crippen LogP contribution >= 0.6 is 11.8 Å². The lowest BCUT2D eigenvalue weighted by Gasteiger charge is -2.59. The molecule has 3 aromatic carbocycles. The fourth-order valence-corrected chi connectivity index (χ4v) is 11.5. The second-order valence-electron chi connectivity index (χ2n) is 15.2. The van der Waals surface area contributed by atoms with Crippen LogP contribution in [0, 0.1) is 32.1 Å². The number of methoxy groups -OCH3 is 3. The molecule has 6 unspecified atom stereocenters. The molecule has 0 aliphatic carbocycles. The number of hydrogen-bond donors (Lipinski definition) is 3. The number of likely N-dealkylation sites (N-methyl/N-ethyl adjacent to an activating group) is 1. The number of aromatic hydroxyl groups is 2. The van der Waals surface area contributed by atoms with Gasteiger partial charge in [0.2, 0.25) is 6.79 Å². The number of benzene rings is 3. The summed E-state index contributed by atoms with van der Waals surface area (Å²) < 4.78 is 36.1. The van der Waals surface area contributed by atoms with Crippen molar-refractivity contribution in [3.63, 3.8) is 0 Å². The first-order chi connectivity index (χ1) is 26.4. The van der Waals surface area contributed by atoms with Crippen LogP contribution < -0.4 is 29.0 Å². The second-order valence-corrected chi connectivity index (χ2v) is 16.6. The Labute approximate surface area is 325 Å². The first kappa shape index (κ1) is 37.4. The number of cyclic esters (lactones) is 1.